The molecular weight excluding hydrogens is 332 g/mol. The van der Waals surface area contributed by atoms with E-state index >= 15 is 0 Å². The number of anilines is 1. The Morgan fingerprint density at radius 1 is 1.28 bits per heavy atom. The van der Waals surface area contributed by atoms with Gasteiger partial charge in [0.05, 0.1) is 6.04 Å². The van der Waals surface area contributed by atoms with Crippen molar-refractivity contribution in [3.05, 3.63) is 51.7 Å². The van der Waals surface area contributed by atoms with Gasteiger partial charge >= 0.3 is 0 Å². The first-order valence-electron chi connectivity index (χ1n) is 8.95. The Balaban J connectivity index is 1.55. The number of benzene rings is 1. The minimum Gasteiger partial charge on any atom is -0.331 e. The molecule has 4 nitrogen and oxygen atoms in total. The number of hydrogen-bond acceptors (Lipinski definition) is 3. The predicted octanol–water partition coefficient (Wildman–Crippen LogP) is 4.25. The summed E-state index contributed by atoms with van der Waals surface area (Å²) in [5.41, 5.74) is 2.65. The molecule has 1 fully saturated rings. The fourth-order valence-corrected chi connectivity index (χ4v) is 4.49. The number of hydrogen-bond donors (Lipinski definition) is 1. The molecule has 0 spiro atoms. The number of carbonyl (C=O) groups excluding carboxylic acids is 2. The molecule has 1 aliphatic carbocycles. The van der Waals surface area contributed by atoms with Crippen molar-refractivity contribution in [3.63, 3.8) is 0 Å². The number of thiophene rings is 1. The summed E-state index contributed by atoms with van der Waals surface area (Å²) in [5, 5.41) is 5.05. The Morgan fingerprint density at radius 3 is 2.88 bits per heavy atom. The molecule has 25 heavy (non-hydrogen) atoms. The first-order valence-corrected chi connectivity index (χ1v) is 9.83. The van der Waals surface area contributed by atoms with Gasteiger partial charge in [-0.3, -0.25) is 9.59 Å². The first-order chi connectivity index (χ1) is 12.2. The third-order valence-corrected chi connectivity index (χ3v) is 6.06. The molecule has 0 saturated heterocycles. The summed E-state index contributed by atoms with van der Waals surface area (Å²) in [6.45, 7) is 2.88. The van der Waals surface area contributed by atoms with Crippen molar-refractivity contribution >= 4 is 28.8 Å². The topological polar surface area (TPSA) is 49.4 Å². The third-order valence-electron chi connectivity index (χ3n) is 5.07. The molecule has 2 heterocycles. The smallest absolute Gasteiger partial charge is 0.254 e. The van der Waals surface area contributed by atoms with Crippen LogP contribution in [-0.4, -0.2) is 23.3 Å². The summed E-state index contributed by atoms with van der Waals surface area (Å²) >= 11 is 1.79. The van der Waals surface area contributed by atoms with E-state index in [1.165, 1.54) is 10.4 Å². The van der Waals surface area contributed by atoms with Gasteiger partial charge < -0.3 is 10.2 Å². The molecule has 2 aromatic rings. The summed E-state index contributed by atoms with van der Waals surface area (Å²) in [6.07, 6.45) is 3.78. The van der Waals surface area contributed by atoms with Gasteiger partial charge in [0.25, 0.3) is 5.91 Å². The first kappa shape index (κ1) is 16.3. The van der Waals surface area contributed by atoms with Gasteiger partial charge in [-0.25, -0.2) is 0 Å². The minimum absolute atomic E-state index is 0.0474. The lowest BCUT2D eigenvalue weighted by Crippen LogP contribution is -2.39. The standard InChI is InChI=1S/C20H22N2O2S/c1-2-17-16-9-11-25-18(16)8-10-22(17)20(24)14-4-3-5-15(12-14)21-19(23)13-6-7-13/h3-5,9,11-13,17H,2,6-8,10H2,1H3,(H,21,23). The molecule has 1 aromatic carbocycles. The van der Waals surface area contributed by atoms with Crippen LogP contribution < -0.4 is 5.32 Å². The highest BCUT2D eigenvalue weighted by atomic mass is 32.1. The maximum atomic E-state index is 13.1. The van der Waals surface area contributed by atoms with E-state index < -0.39 is 0 Å². The molecule has 1 unspecified atom stereocenters. The van der Waals surface area contributed by atoms with Crippen LogP contribution in [0.25, 0.3) is 0 Å². The van der Waals surface area contributed by atoms with Crippen molar-refractivity contribution in [2.75, 3.05) is 11.9 Å². The lowest BCUT2D eigenvalue weighted by atomic mass is 9.97. The lowest BCUT2D eigenvalue weighted by Gasteiger charge is -2.35. The van der Waals surface area contributed by atoms with Crippen LogP contribution in [0.5, 0.6) is 0 Å². The molecule has 2 aliphatic rings. The second-order valence-corrected chi connectivity index (χ2v) is 7.82. The maximum Gasteiger partial charge on any atom is 0.254 e. The van der Waals surface area contributed by atoms with E-state index in [-0.39, 0.29) is 23.8 Å². The molecule has 1 saturated carbocycles. The van der Waals surface area contributed by atoms with Gasteiger partial charge in [0.1, 0.15) is 0 Å². The van der Waals surface area contributed by atoms with Gasteiger partial charge in [0, 0.05) is 28.6 Å². The highest BCUT2D eigenvalue weighted by molar-refractivity contribution is 7.10. The van der Waals surface area contributed by atoms with Crippen molar-refractivity contribution in [1.82, 2.24) is 4.90 Å². The van der Waals surface area contributed by atoms with Crippen LogP contribution in [0.2, 0.25) is 0 Å². The average Bonchev–Trinajstić information content (AvgIpc) is 3.38. The van der Waals surface area contributed by atoms with E-state index in [0.717, 1.165) is 32.2 Å². The van der Waals surface area contributed by atoms with Gasteiger partial charge in [-0.15, -0.1) is 11.3 Å². The zero-order chi connectivity index (χ0) is 17.4. The quantitative estimate of drug-likeness (QED) is 0.892. The average molecular weight is 354 g/mol. The van der Waals surface area contributed by atoms with E-state index in [1.54, 1.807) is 17.4 Å². The van der Waals surface area contributed by atoms with Crippen LogP contribution in [0.1, 0.15) is 53.0 Å². The van der Waals surface area contributed by atoms with E-state index in [0.29, 0.717) is 11.3 Å². The van der Waals surface area contributed by atoms with Crippen LogP contribution in [0.4, 0.5) is 5.69 Å². The van der Waals surface area contributed by atoms with Crippen LogP contribution in [-0.2, 0) is 11.2 Å². The predicted molar refractivity (Wildman–Crippen MR) is 99.9 cm³/mol. The van der Waals surface area contributed by atoms with Crippen molar-refractivity contribution in [1.29, 1.82) is 0 Å². The maximum absolute atomic E-state index is 13.1. The molecule has 1 atom stereocenters. The monoisotopic (exact) mass is 354 g/mol. The highest BCUT2D eigenvalue weighted by Gasteiger charge is 2.32. The fraction of sp³-hybridized carbons (Fsp3) is 0.400. The van der Waals surface area contributed by atoms with Crippen LogP contribution in [0.15, 0.2) is 35.7 Å². The fourth-order valence-electron chi connectivity index (χ4n) is 3.57. The van der Waals surface area contributed by atoms with Crippen molar-refractivity contribution < 1.29 is 9.59 Å². The Kier molecular flexibility index (Phi) is 4.34. The van der Waals surface area contributed by atoms with Crippen molar-refractivity contribution in [3.8, 4) is 0 Å². The molecule has 1 aromatic heterocycles. The van der Waals surface area contributed by atoms with E-state index in [4.69, 9.17) is 0 Å². The molecule has 1 aliphatic heterocycles. The normalized spacial score (nSPS) is 19.4. The largest absolute Gasteiger partial charge is 0.331 e. The van der Waals surface area contributed by atoms with Gasteiger partial charge in [-0.1, -0.05) is 13.0 Å². The van der Waals surface area contributed by atoms with E-state index in [9.17, 15) is 9.59 Å². The number of carbonyl (C=O) groups is 2. The molecule has 5 heteroatoms. The number of amides is 2. The van der Waals surface area contributed by atoms with Crippen molar-refractivity contribution in [2.45, 2.75) is 38.6 Å². The Morgan fingerprint density at radius 2 is 2.12 bits per heavy atom. The SMILES string of the molecule is CCC1c2ccsc2CCN1C(=O)c1cccc(NC(=O)C2CC2)c1. The zero-order valence-electron chi connectivity index (χ0n) is 14.3. The van der Waals surface area contributed by atoms with Crippen LogP contribution in [0.3, 0.4) is 0 Å². The summed E-state index contributed by atoms with van der Waals surface area (Å²) in [6, 6.07) is 9.63. The summed E-state index contributed by atoms with van der Waals surface area (Å²) in [4.78, 5) is 28.4. The van der Waals surface area contributed by atoms with Crippen LogP contribution >= 0.6 is 11.3 Å². The Hall–Kier alpha value is -2.14. The number of fused-ring (bicyclic) bond motifs is 1. The zero-order valence-corrected chi connectivity index (χ0v) is 15.1. The molecule has 2 amide bonds. The number of nitrogens with zero attached hydrogens (tertiary/aromatic N) is 1. The molecule has 4 rings (SSSR count). The minimum atomic E-state index is 0.0474. The molecule has 1 N–H and O–H groups in total. The summed E-state index contributed by atoms with van der Waals surface area (Å²) in [7, 11) is 0. The third kappa shape index (κ3) is 3.21. The van der Waals surface area contributed by atoms with E-state index in [2.05, 4.69) is 23.7 Å². The number of nitrogens with one attached hydrogen (secondary N) is 1. The van der Waals surface area contributed by atoms with Crippen LogP contribution in [0, 0.1) is 5.92 Å². The second kappa shape index (κ2) is 6.64. The molecule has 130 valence electrons. The summed E-state index contributed by atoms with van der Waals surface area (Å²) in [5.74, 6) is 0.270. The van der Waals surface area contributed by atoms with Gasteiger partial charge in [-0.05, 0) is 60.9 Å². The van der Waals surface area contributed by atoms with Gasteiger partial charge in [0.2, 0.25) is 5.91 Å². The summed E-state index contributed by atoms with van der Waals surface area (Å²) < 4.78 is 0. The molecule has 0 bridgehead atoms. The molecule has 0 radical (unpaired) electrons. The lowest BCUT2D eigenvalue weighted by molar-refractivity contribution is -0.117. The van der Waals surface area contributed by atoms with E-state index in [1.807, 2.05) is 23.1 Å². The second-order valence-electron chi connectivity index (χ2n) is 6.82. The Labute approximate surface area is 151 Å². The molecular formula is C20H22N2O2S. The van der Waals surface area contributed by atoms with Gasteiger partial charge in [-0.2, -0.15) is 0 Å². The van der Waals surface area contributed by atoms with Gasteiger partial charge in [0.15, 0.2) is 0 Å². The Bertz CT molecular complexity index is 810. The van der Waals surface area contributed by atoms with Crippen molar-refractivity contribution in [2.24, 2.45) is 5.92 Å². The highest BCUT2D eigenvalue weighted by Crippen LogP contribution is 2.36. The number of rotatable bonds is 4.